The molecule has 0 radical (unpaired) electrons. The number of ether oxygens (including phenoxy) is 1. The van der Waals surface area contributed by atoms with Gasteiger partial charge in [0.1, 0.15) is 12.1 Å². The van der Waals surface area contributed by atoms with Crippen molar-refractivity contribution < 1.29 is 19.4 Å². The Labute approximate surface area is 167 Å². The molecule has 8 heteroatoms. The quantitative estimate of drug-likeness (QED) is 0.722. The zero-order valence-corrected chi connectivity index (χ0v) is 16.3. The average Bonchev–Trinajstić information content (AvgIpc) is 3.12. The minimum atomic E-state index is -1.03. The molecule has 0 saturated heterocycles. The van der Waals surface area contributed by atoms with E-state index in [1.807, 2.05) is 18.7 Å². The van der Waals surface area contributed by atoms with Gasteiger partial charge in [0.15, 0.2) is 0 Å². The van der Waals surface area contributed by atoms with Crippen LogP contribution in [0.25, 0.3) is 10.9 Å². The first-order valence-electron chi connectivity index (χ1n) is 9.62. The van der Waals surface area contributed by atoms with Crippen LogP contribution >= 0.6 is 0 Å². The number of benzene rings is 1. The molecule has 2 aromatic heterocycles. The van der Waals surface area contributed by atoms with E-state index in [1.54, 1.807) is 24.3 Å². The van der Waals surface area contributed by atoms with Crippen LogP contribution in [0.2, 0.25) is 0 Å². The summed E-state index contributed by atoms with van der Waals surface area (Å²) in [6.45, 7) is 4.47. The van der Waals surface area contributed by atoms with Crippen molar-refractivity contribution in [2.24, 2.45) is 0 Å². The smallest absolute Gasteiger partial charge is 0.415 e. The lowest BCUT2D eigenvalue weighted by Gasteiger charge is -2.34. The molecule has 0 saturated carbocycles. The fourth-order valence-corrected chi connectivity index (χ4v) is 3.74. The van der Waals surface area contributed by atoms with E-state index in [0.29, 0.717) is 36.5 Å². The molecule has 1 aromatic carbocycles. The monoisotopic (exact) mass is 394 g/mol. The average molecular weight is 394 g/mol. The maximum atomic E-state index is 12.4. The van der Waals surface area contributed by atoms with Crippen LogP contribution in [0.5, 0.6) is 11.6 Å². The van der Waals surface area contributed by atoms with Gasteiger partial charge in [-0.2, -0.15) is 0 Å². The summed E-state index contributed by atoms with van der Waals surface area (Å²) in [7, 11) is 0. The molecule has 8 nitrogen and oxygen atoms in total. The number of hydrogen-bond acceptors (Lipinski definition) is 5. The number of aromatic nitrogens is 3. The summed E-state index contributed by atoms with van der Waals surface area (Å²) in [5.74, 6) is 1.18. The highest BCUT2D eigenvalue weighted by molar-refractivity contribution is 5.89. The molecule has 1 aliphatic rings. The SMILES string of the molecule is CCCC(=O)N1Cc2ncnc(Oc3ccc4c(ccn4C(=O)O)c3)c2CC1C. The Bertz CT molecular complexity index is 1090. The van der Waals surface area contributed by atoms with Crippen LogP contribution in [0.15, 0.2) is 36.8 Å². The van der Waals surface area contributed by atoms with Crippen LogP contribution in [0.4, 0.5) is 4.79 Å². The molecule has 1 N–H and O–H groups in total. The first-order chi connectivity index (χ1) is 14.0. The minimum Gasteiger partial charge on any atom is -0.464 e. The van der Waals surface area contributed by atoms with E-state index in [4.69, 9.17) is 4.74 Å². The molecule has 29 heavy (non-hydrogen) atoms. The third-order valence-electron chi connectivity index (χ3n) is 5.21. The zero-order valence-electron chi connectivity index (χ0n) is 16.3. The molecule has 0 fully saturated rings. The molecule has 150 valence electrons. The number of amides is 1. The maximum Gasteiger partial charge on any atom is 0.415 e. The summed E-state index contributed by atoms with van der Waals surface area (Å²) in [5, 5.41) is 9.98. The lowest BCUT2D eigenvalue weighted by atomic mass is 9.99. The molecule has 3 aromatic rings. The van der Waals surface area contributed by atoms with Crippen LogP contribution in [0.1, 0.15) is 37.9 Å². The van der Waals surface area contributed by atoms with Crippen molar-refractivity contribution in [2.75, 3.05) is 0 Å². The van der Waals surface area contributed by atoms with Crippen LogP contribution < -0.4 is 4.74 Å². The van der Waals surface area contributed by atoms with E-state index >= 15 is 0 Å². The number of nitrogens with zero attached hydrogens (tertiary/aromatic N) is 4. The molecule has 0 aliphatic carbocycles. The standard InChI is InChI=1S/C21H22N4O4/c1-3-4-19(26)25-11-17-16(9-13(25)2)20(23-12-22-17)29-15-5-6-18-14(10-15)7-8-24(18)21(27)28/h5-8,10,12-13H,3-4,9,11H2,1-2H3,(H,27,28). The molecule has 1 amide bonds. The van der Waals surface area contributed by atoms with Gasteiger partial charge in [0.25, 0.3) is 0 Å². The summed E-state index contributed by atoms with van der Waals surface area (Å²) < 4.78 is 7.20. The van der Waals surface area contributed by atoms with E-state index in [0.717, 1.165) is 27.6 Å². The normalized spacial score (nSPS) is 15.9. The zero-order chi connectivity index (χ0) is 20.5. The van der Waals surface area contributed by atoms with Crippen molar-refractivity contribution in [1.29, 1.82) is 0 Å². The Hall–Kier alpha value is -3.42. The first kappa shape index (κ1) is 18.9. The van der Waals surface area contributed by atoms with Crippen molar-refractivity contribution in [2.45, 2.75) is 45.7 Å². The number of carboxylic acid groups (broad SMARTS) is 1. The number of carbonyl (C=O) groups is 2. The minimum absolute atomic E-state index is 0.0435. The maximum absolute atomic E-state index is 12.4. The predicted octanol–water partition coefficient (Wildman–Crippen LogP) is 3.82. The second kappa shape index (κ2) is 7.54. The van der Waals surface area contributed by atoms with Crippen molar-refractivity contribution in [3.05, 3.63) is 48.0 Å². The van der Waals surface area contributed by atoms with Crippen LogP contribution in [0.3, 0.4) is 0 Å². The van der Waals surface area contributed by atoms with Gasteiger partial charge in [0.2, 0.25) is 11.8 Å². The molecule has 1 atom stereocenters. The van der Waals surface area contributed by atoms with Crippen molar-refractivity contribution in [1.82, 2.24) is 19.4 Å². The number of fused-ring (bicyclic) bond motifs is 2. The molecule has 1 aliphatic heterocycles. The van der Waals surface area contributed by atoms with Crippen LogP contribution in [0, 0.1) is 0 Å². The number of rotatable bonds is 4. The highest BCUT2D eigenvalue weighted by atomic mass is 16.5. The molecule has 0 bridgehead atoms. The Kier molecular flexibility index (Phi) is 4.92. The third-order valence-corrected chi connectivity index (χ3v) is 5.21. The van der Waals surface area contributed by atoms with Crippen molar-refractivity contribution >= 4 is 22.9 Å². The van der Waals surface area contributed by atoms with Crippen molar-refractivity contribution in [3.8, 4) is 11.6 Å². The van der Waals surface area contributed by atoms with E-state index in [9.17, 15) is 14.7 Å². The molecule has 4 rings (SSSR count). The van der Waals surface area contributed by atoms with Gasteiger partial charge in [-0.1, -0.05) is 6.92 Å². The summed E-state index contributed by atoms with van der Waals surface area (Å²) >= 11 is 0. The molecular weight excluding hydrogens is 372 g/mol. The molecular formula is C21H22N4O4. The van der Waals surface area contributed by atoms with Gasteiger partial charge in [-0.05, 0) is 44.0 Å². The van der Waals surface area contributed by atoms with E-state index in [2.05, 4.69) is 9.97 Å². The topological polar surface area (TPSA) is 97.6 Å². The Balaban J connectivity index is 1.61. The van der Waals surface area contributed by atoms with E-state index in [-0.39, 0.29) is 11.9 Å². The lowest BCUT2D eigenvalue weighted by molar-refractivity contribution is -0.134. The number of carbonyl (C=O) groups excluding carboxylic acids is 1. The first-order valence-corrected chi connectivity index (χ1v) is 9.62. The van der Waals surface area contributed by atoms with Gasteiger partial charge < -0.3 is 14.7 Å². The summed E-state index contributed by atoms with van der Waals surface area (Å²) in [5.41, 5.74) is 2.30. The van der Waals surface area contributed by atoms with Crippen LogP contribution in [-0.2, 0) is 17.8 Å². The van der Waals surface area contributed by atoms with Gasteiger partial charge in [0, 0.05) is 29.6 Å². The summed E-state index contributed by atoms with van der Waals surface area (Å²) in [6.07, 6.45) is 3.90. The molecule has 1 unspecified atom stereocenters. The molecule has 0 spiro atoms. The summed E-state index contributed by atoms with van der Waals surface area (Å²) in [4.78, 5) is 34.2. The Morgan fingerprint density at radius 2 is 2.10 bits per heavy atom. The van der Waals surface area contributed by atoms with Gasteiger partial charge >= 0.3 is 6.09 Å². The third kappa shape index (κ3) is 3.53. The molecule has 3 heterocycles. The van der Waals surface area contributed by atoms with Crippen molar-refractivity contribution in [3.63, 3.8) is 0 Å². The van der Waals surface area contributed by atoms with E-state index < -0.39 is 6.09 Å². The second-order valence-electron chi connectivity index (χ2n) is 7.22. The van der Waals surface area contributed by atoms with Gasteiger partial charge in [-0.15, -0.1) is 0 Å². The lowest BCUT2D eigenvalue weighted by Crippen LogP contribution is -2.43. The van der Waals surface area contributed by atoms with Gasteiger partial charge in [0.05, 0.1) is 17.8 Å². The van der Waals surface area contributed by atoms with Gasteiger partial charge in [-0.3, -0.25) is 9.36 Å². The van der Waals surface area contributed by atoms with Gasteiger partial charge in [-0.25, -0.2) is 14.8 Å². The fourth-order valence-electron chi connectivity index (χ4n) is 3.74. The Morgan fingerprint density at radius 1 is 1.28 bits per heavy atom. The Morgan fingerprint density at radius 3 is 2.86 bits per heavy atom. The fraction of sp³-hybridized carbons (Fsp3) is 0.333. The largest absolute Gasteiger partial charge is 0.464 e. The van der Waals surface area contributed by atoms with E-state index in [1.165, 1.54) is 12.5 Å². The van der Waals surface area contributed by atoms with Crippen LogP contribution in [-0.4, -0.2) is 42.6 Å². The predicted molar refractivity (Wildman–Crippen MR) is 106 cm³/mol. The number of hydrogen-bond donors (Lipinski definition) is 1. The highest BCUT2D eigenvalue weighted by Crippen LogP contribution is 2.32. The second-order valence-corrected chi connectivity index (χ2v) is 7.22. The highest BCUT2D eigenvalue weighted by Gasteiger charge is 2.30. The summed E-state index contributed by atoms with van der Waals surface area (Å²) in [6, 6.07) is 6.99.